The molecule has 0 radical (unpaired) electrons. The highest BCUT2D eigenvalue weighted by Crippen LogP contribution is 2.12. The van der Waals surface area contributed by atoms with Crippen molar-refractivity contribution in [3.05, 3.63) is 94.0 Å². The van der Waals surface area contributed by atoms with Crippen LogP contribution in [0.15, 0.2) is 70.2 Å². The molecule has 0 aliphatic rings. The Bertz CT molecular complexity index is 895. The van der Waals surface area contributed by atoms with Crippen LogP contribution in [0.5, 0.6) is 5.75 Å². The fraction of sp³-hybridized carbons (Fsp3) is 0.200. The number of nitrogens with zero attached hydrogens (tertiary/aromatic N) is 2. The summed E-state index contributed by atoms with van der Waals surface area (Å²) in [6.45, 7) is 1.64. The SMILES string of the molecule is O=c1cc(CN(CCc2ccccn2)Cc2ccc(F)cc2)occ1O. The highest BCUT2D eigenvalue weighted by atomic mass is 19.1. The van der Waals surface area contributed by atoms with E-state index in [0.29, 0.717) is 25.4 Å². The van der Waals surface area contributed by atoms with Gasteiger partial charge in [0, 0.05) is 37.5 Å². The lowest BCUT2D eigenvalue weighted by atomic mass is 10.2. The van der Waals surface area contributed by atoms with Crippen LogP contribution in [0.1, 0.15) is 17.0 Å². The molecule has 3 aromatic rings. The molecule has 0 fully saturated rings. The third-order valence-corrected chi connectivity index (χ3v) is 3.98. The number of pyridine rings is 1. The third kappa shape index (κ3) is 5.00. The molecule has 0 bridgehead atoms. The number of halogens is 1. The van der Waals surface area contributed by atoms with Gasteiger partial charge in [0.1, 0.15) is 17.8 Å². The molecule has 3 rings (SSSR count). The molecule has 1 N–H and O–H groups in total. The molecule has 0 saturated heterocycles. The van der Waals surface area contributed by atoms with Crippen molar-refractivity contribution in [2.75, 3.05) is 6.54 Å². The minimum absolute atomic E-state index is 0.279. The van der Waals surface area contributed by atoms with Crippen molar-refractivity contribution in [2.45, 2.75) is 19.5 Å². The lowest BCUT2D eigenvalue weighted by molar-refractivity contribution is 0.233. The quantitative estimate of drug-likeness (QED) is 0.706. The minimum Gasteiger partial charge on any atom is -0.502 e. The lowest BCUT2D eigenvalue weighted by Gasteiger charge is -2.21. The first kappa shape index (κ1) is 17.8. The molecule has 134 valence electrons. The maximum absolute atomic E-state index is 13.1. The summed E-state index contributed by atoms with van der Waals surface area (Å²) in [6, 6.07) is 13.4. The summed E-state index contributed by atoms with van der Waals surface area (Å²) in [7, 11) is 0. The summed E-state index contributed by atoms with van der Waals surface area (Å²) in [6.07, 6.45) is 3.52. The van der Waals surface area contributed by atoms with E-state index in [2.05, 4.69) is 9.88 Å². The van der Waals surface area contributed by atoms with Crippen LogP contribution in [-0.2, 0) is 19.5 Å². The highest BCUT2D eigenvalue weighted by Gasteiger charge is 2.11. The molecule has 1 aromatic carbocycles. The molecular weight excluding hydrogens is 335 g/mol. The zero-order valence-electron chi connectivity index (χ0n) is 14.1. The molecule has 2 aromatic heterocycles. The van der Waals surface area contributed by atoms with Crippen LogP contribution in [-0.4, -0.2) is 21.5 Å². The van der Waals surface area contributed by atoms with E-state index >= 15 is 0 Å². The van der Waals surface area contributed by atoms with Crippen LogP contribution in [0.25, 0.3) is 0 Å². The Hall–Kier alpha value is -2.99. The van der Waals surface area contributed by atoms with E-state index in [4.69, 9.17) is 4.42 Å². The number of aromatic hydroxyl groups is 1. The molecule has 0 spiro atoms. The fourth-order valence-electron chi connectivity index (χ4n) is 2.63. The van der Waals surface area contributed by atoms with E-state index in [9.17, 15) is 14.3 Å². The molecule has 6 heteroatoms. The van der Waals surface area contributed by atoms with Gasteiger partial charge in [0.25, 0.3) is 0 Å². The Morgan fingerprint density at radius 1 is 1.12 bits per heavy atom. The predicted octanol–water partition coefficient (Wildman–Crippen LogP) is 3.12. The van der Waals surface area contributed by atoms with Gasteiger partial charge in [0.15, 0.2) is 5.75 Å². The van der Waals surface area contributed by atoms with Crippen LogP contribution >= 0.6 is 0 Å². The van der Waals surface area contributed by atoms with E-state index in [-0.39, 0.29) is 5.82 Å². The van der Waals surface area contributed by atoms with Gasteiger partial charge in [-0.05, 0) is 29.8 Å². The van der Waals surface area contributed by atoms with Crippen LogP contribution in [0.2, 0.25) is 0 Å². The average Bonchev–Trinajstić information content (AvgIpc) is 2.65. The predicted molar refractivity (Wildman–Crippen MR) is 95.1 cm³/mol. The molecule has 0 aliphatic carbocycles. The molecular formula is C20H19FN2O3. The van der Waals surface area contributed by atoms with Gasteiger partial charge in [-0.25, -0.2) is 4.39 Å². The van der Waals surface area contributed by atoms with E-state index in [1.54, 1.807) is 18.3 Å². The largest absolute Gasteiger partial charge is 0.502 e. The van der Waals surface area contributed by atoms with Gasteiger partial charge >= 0.3 is 0 Å². The summed E-state index contributed by atoms with van der Waals surface area (Å²) in [5, 5.41) is 9.33. The molecule has 0 unspecified atom stereocenters. The molecule has 5 nitrogen and oxygen atoms in total. The first-order valence-electron chi connectivity index (χ1n) is 8.27. The van der Waals surface area contributed by atoms with Crippen LogP contribution in [0, 0.1) is 5.82 Å². The van der Waals surface area contributed by atoms with Crippen molar-refractivity contribution in [3.8, 4) is 5.75 Å². The van der Waals surface area contributed by atoms with Gasteiger partial charge in [-0.3, -0.25) is 14.7 Å². The Kier molecular flexibility index (Phi) is 5.76. The van der Waals surface area contributed by atoms with Crippen molar-refractivity contribution in [2.24, 2.45) is 0 Å². The molecule has 0 atom stereocenters. The van der Waals surface area contributed by atoms with Crippen molar-refractivity contribution < 1.29 is 13.9 Å². The van der Waals surface area contributed by atoms with Gasteiger partial charge in [-0.15, -0.1) is 0 Å². The van der Waals surface area contributed by atoms with Crippen LogP contribution in [0.3, 0.4) is 0 Å². The Morgan fingerprint density at radius 3 is 2.62 bits per heavy atom. The summed E-state index contributed by atoms with van der Waals surface area (Å²) in [5.74, 6) is -0.235. The average molecular weight is 354 g/mol. The van der Waals surface area contributed by atoms with Crippen LogP contribution in [0.4, 0.5) is 4.39 Å². The van der Waals surface area contributed by atoms with Gasteiger partial charge in [-0.2, -0.15) is 0 Å². The van der Waals surface area contributed by atoms with Gasteiger partial charge < -0.3 is 9.52 Å². The molecule has 0 saturated carbocycles. The van der Waals surface area contributed by atoms with Gasteiger partial charge in [0.2, 0.25) is 5.43 Å². The molecule has 0 amide bonds. The highest BCUT2D eigenvalue weighted by molar-refractivity contribution is 5.17. The summed E-state index contributed by atoms with van der Waals surface area (Å²) in [4.78, 5) is 18.0. The van der Waals surface area contributed by atoms with E-state index in [0.717, 1.165) is 23.9 Å². The minimum atomic E-state index is -0.474. The second kappa shape index (κ2) is 8.40. The fourth-order valence-corrected chi connectivity index (χ4v) is 2.63. The number of hydrogen-bond acceptors (Lipinski definition) is 5. The van der Waals surface area contributed by atoms with Crippen molar-refractivity contribution in [3.63, 3.8) is 0 Å². The van der Waals surface area contributed by atoms with E-state index in [1.807, 2.05) is 18.2 Å². The second-order valence-electron chi connectivity index (χ2n) is 6.00. The number of aromatic nitrogens is 1. The van der Waals surface area contributed by atoms with Crippen molar-refractivity contribution >= 4 is 0 Å². The number of hydrogen-bond donors (Lipinski definition) is 1. The maximum Gasteiger partial charge on any atom is 0.226 e. The second-order valence-corrected chi connectivity index (χ2v) is 6.00. The lowest BCUT2D eigenvalue weighted by Crippen LogP contribution is -2.26. The summed E-state index contributed by atoms with van der Waals surface area (Å²) < 4.78 is 18.4. The van der Waals surface area contributed by atoms with Gasteiger partial charge in [-0.1, -0.05) is 18.2 Å². The Balaban J connectivity index is 1.74. The number of benzene rings is 1. The smallest absolute Gasteiger partial charge is 0.226 e. The monoisotopic (exact) mass is 354 g/mol. The van der Waals surface area contributed by atoms with Crippen molar-refractivity contribution in [1.29, 1.82) is 0 Å². The molecule has 2 heterocycles. The third-order valence-electron chi connectivity index (χ3n) is 3.98. The number of rotatable bonds is 7. The van der Waals surface area contributed by atoms with E-state index < -0.39 is 11.2 Å². The Labute approximate surface area is 150 Å². The Morgan fingerprint density at radius 2 is 1.92 bits per heavy atom. The van der Waals surface area contributed by atoms with Crippen molar-refractivity contribution in [1.82, 2.24) is 9.88 Å². The summed E-state index contributed by atoms with van der Waals surface area (Å²) >= 11 is 0. The summed E-state index contributed by atoms with van der Waals surface area (Å²) in [5.41, 5.74) is 1.44. The zero-order valence-corrected chi connectivity index (χ0v) is 14.1. The normalized spacial score (nSPS) is 11.0. The topological polar surface area (TPSA) is 66.6 Å². The molecule has 26 heavy (non-hydrogen) atoms. The zero-order chi connectivity index (χ0) is 18.4. The maximum atomic E-state index is 13.1. The standard InChI is InChI=1S/C20H19FN2O3/c21-16-6-4-15(5-7-16)12-23(10-8-17-3-1-2-9-22-17)13-18-11-19(24)20(25)14-26-18/h1-7,9,11,14,25H,8,10,12-13H2. The van der Waals surface area contributed by atoms with E-state index in [1.165, 1.54) is 18.2 Å². The first-order valence-corrected chi connectivity index (χ1v) is 8.27. The van der Waals surface area contributed by atoms with Crippen LogP contribution < -0.4 is 5.43 Å². The first-order chi connectivity index (χ1) is 12.6. The van der Waals surface area contributed by atoms with Gasteiger partial charge in [0.05, 0.1) is 6.54 Å². The molecule has 0 aliphatic heterocycles.